The lowest BCUT2D eigenvalue weighted by molar-refractivity contribution is -0.153. The number of ether oxygens (including phenoxy) is 2. The molecule has 2 fully saturated rings. The summed E-state index contributed by atoms with van der Waals surface area (Å²) >= 11 is 2.61. The van der Waals surface area contributed by atoms with Crippen molar-refractivity contribution in [3.63, 3.8) is 0 Å². The maximum absolute atomic E-state index is 14.1. The topological polar surface area (TPSA) is 144 Å². The van der Waals surface area contributed by atoms with Gasteiger partial charge in [0.25, 0.3) is 18.7 Å². The van der Waals surface area contributed by atoms with Gasteiger partial charge in [-0.15, -0.1) is 23.1 Å². The summed E-state index contributed by atoms with van der Waals surface area (Å²) in [5.74, 6) is -1.03. The first-order chi connectivity index (χ1) is 30.3. The van der Waals surface area contributed by atoms with Crippen molar-refractivity contribution in [1.29, 1.82) is 0 Å². The summed E-state index contributed by atoms with van der Waals surface area (Å²) in [6.07, 6.45) is 4.24. The molecule has 0 saturated carbocycles. The van der Waals surface area contributed by atoms with Gasteiger partial charge in [-0.1, -0.05) is 120 Å². The summed E-state index contributed by atoms with van der Waals surface area (Å²) < 4.78 is 24.5. The molecular weight excluding hydrogens is 832 g/mol. The number of benzene rings is 4. The molecule has 1 unspecified atom stereocenters. The molecule has 3 aliphatic rings. The first kappa shape index (κ1) is 42.4. The van der Waals surface area contributed by atoms with Gasteiger partial charge in [0.15, 0.2) is 10.8 Å². The van der Waals surface area contributed by atoms with Crippen LogP contribution in [0.2, 0.25) is 0 Å². The third-order valence-corrected chi connectivity index (χ3v) is 12.7. The van der Waals surface area contributed by atoms with E-state index in [4.69, 9.17) is 24.1 Å². The van der Waals surface area contributed by atoms with Crippen LogP contribution in [0.1, 0.15) is 34.4 Å². The van der Waals surface area contributed by atoms with Gasteiger partial charge in [0.1, 0.15) is 40.7 Å². The zero-order chi connectivity index (χ0) is 43.1. The molecule has 0 radical (unpaired) electrons. The molecule has 16 heteroatoms. The van der Waals surface area contributed by atoms with Crippen molar-refractivity contribution in [1.82, 2.24) is 20.3 Å². The Morgan fingerprint density at radius 1 is 0.968 bits per heavy atom. The molecule has 5 aromatic rings. The number of hydrogen-bond acceptors (Lipinski definition) is 13. The first-order valence-electron chi connectivity index (χ1n) is 19.8. The van der Waals surface area contributed by atoms with Crippen LogP contribution in [0.3, 0.4) is 0 Å². The van der Waals surface area contributed by atoms with Gasteiger partial charge in [-0.3, -0.25) is 19.3 Å². The number of fused-ring (bicyclic) bond motifs is 1. The number of carbonyl (C=O) groups excluding carboxylic acids is 3. The van der Waals surface area contributed by atoms with Gasteiger partial charge < -0.3 is 24.9 Å². The molecule has 2 amide bonds. The Hall–Kier alpha value is -6.33. The molecular formula is C46H43FN6O7S2. The highest BCUT2D eigenvalue weighted by atomic mass is 32.2. The maximum atomic E-state index is 14.1. The Kier molecular flexibility index (Phi) is 13.1. The van der Waals surface area contributed by atoms with Crippen molar-refractivity contribution < 1.29 is 37.9 Å². The minimum atomic E-state index is -1.30. The molecule has 2 N–H and O–H groups in total. The molecule has 62 heavy (non-hydrogen) atoms. The van der Waals surface area contributed by atoms with Gasteiger partial charge in [0, 0.05) is 24.7 Å². The number of oxime groups is 1. The van der Waals surface area contributed by atoms with E-state index in [2.05, 4.69) is 15.8 Å². The maximum Gasteiger partial charge on any atom is 0.355 e. The number of alkyl halides is 1. The van der Waals surface area contributed by atoms with E-state index < -0.39 is 41.6 Å². The number of thiazole rings is 1. The highest BCUT2D eigenvalue weighted by Crippen LogP contribution is 2.43. The SMILES string of the molecule is COc1ccc(COC(=O)C2=C(/C=C/C3CCN(C)O3)CS[C@@H]3[C@H](NC(=O)/C(=N\OCF)c4csc(NC(c5ccccc5)(c5ccccc5)c5ccccc5)n4)C(=O)N23)cc1. The number of anilines is 1. The zero-order valence-corrected chi connectivity index (χ0v) is 35.4. The van der Waals surface area contributed by atoms with Crippen LogP contribution < -0.4 is 15.4 Å². The second-order valence-corrected chi connectivity index (χ2v) is 16.5. The number of allylic oxidation sites excluding steroid dienone is 1. The van der Waals surface area contributed by atoms with Crippen molar-refractivity contribution >= 4 is 51.7 Å². The Bertz CT molecular complexity index is 2370. The van der Waals surface area contributed by atoms with E-state index in [1.54, 1.807) is 47.9 Å². The average molecular weight is 875 g/mol. The largest absolute Gasteiger partial charge is 0.497 e. The Balaban J connectivity index is 1.04. The fourth-order valence-corrected chi connectivity index (χ4v) is 9.65. The monoisotopic (exact) mass is 874 g/mol. The van der Waals surface area contributed by atoms with E-state index in [0.29, 0.717) is 22.2 Å². The number of hydroxylamine groups is 2. The summed E-state index contributed by atoms with van der Waals surface area (Å²) in [6.45, 7) is -0.587. The van der Waals surface area contributed by atoms with Crippen LogP contribution in [0.25, 0.3) is 0 Å². The van der Waals surface area contributed by atoms with Crippen LogP contribution >= 0.6 is 23.1 Å². The zero-order valence-electron chi connectivity index (χ0n) is 33.8. The van der Waals surface area contributed by atoms with E-state index in [1.165, 1.54) is 28.0 Å². The third-order valence-electron chi connectivity index (χ3n) is 10.6. The van der Waals surface area contributed by atoms with Crippen molar-refractivity contribution in [2.45, 2.75) is 36.1 Å². The normalized spacial score (nSPS) is 19.2. The van der Waals surface area contributed by atoms with E-state index in [0.717, 1.165) is 35.2 Å². The number of aromatic nitrogens is 1. The lowest BCUT2D eigenvalue weighted by Gasteiger charge is -2.49. The number of thioether (sulfide) groups is 1. The van der Waals surface area contributed by atoms with Gasteiger partial charge in [-0.2, -0.15) is 5.06 Å². The number of rotatable bonds is 16. The predicted molar refractivity (Wildman–Crippen MR) is 235 cm³/mol. The number of nitrogens with zero attached hydrogens (tertiary/aromatic N) is 4. The number of nitrogens with one attached hydrogen (secondary N) is 2. The molecule has 0 aliphatic carbocycles. The molecule has 4 heterocycles. The van der Waals surface area contributed by atoms with Crippen LogP contribution in [-0.2, 0) is 40.9 Å². The summed E-state index contributed by atoms with van der Waals surface area (Å²) in [5.41, 5.74) is 3.08. The lowest BCUT2D eigenvalue weighted by Crippen LogP contribution is -2.71. The van der Waals surface area contributed by atoms with Gasteiger partial charge in [0.2, 0.25) is 0 Å². The summed E-state index contributed by atoms with van der Waals surface area (Å²) in [4.78, 5) is 58.6. The number of hydrogen-bond donors (Lipinski definition) is 2. The molecule has 3 aliphatic heterocycles. The van der Waals surface area contributed by atoms with Gasteiger partial charge in [-0.25, -0.2) is 14.2 Å². The van der Waals surface area contributed by atoms with Gasteiger partial charge in [0.05, 0.1) is 13.2 Å². The summed E-state index contributed by atoms with van der Waals surface area (Å²) in [5, 5.41) is 13.4. The van der Waals surface area contributed by atoms with Crippen LogP contribution in [0.5, 0.6) is 5.75 Å². The van der Waals surface area contributed by atoms with Crippen molar-refractivity contribution in [2.24, 2.45) is 5.16 Å². The fourth-order valence-electron chi connectivity index (χ4n) is 7.58. The highest BCUT2D eigenvalue weighted by Gasteiger charge is 2.54. The molecule has 2 saturated heterocycles. The molecule has 13 nitrogen and oxygen atoms in total. The predicted octanol–water partition coefficient (Wildman–Crippen LogP) is 6.79. The molecule has 4 aromatic carbocycles. The average Bonchev–Trinajstić information content (AvgIpc) is 3.97. The second kappa shape index (κ2) is 19.2. The minimum absolute atomic E-state index is 0.0398. The van der Waals surface area contributed by atoms with Crippen molar-refractivity contribution in [3.05, 3.63) is 172 Å². The molecule has 1 aromatic heterocycles. The van der Waals surface area contributed by atoms with Crippen LogP contribution in [0, 0.1) is 0 Å². The minimum Gasteiger partial charge on any atom is -0.497 e. The number of methoxy groups -OCH3 is 1. The van der Waals surface area contributed by atoms with E-state index in [9.17, 15) is 18.8 Å². The van der Waals surface area contributed by atoms with Crippen LogP contribution in [-0.4, -0.2) is 89.3 Å². The molecule has 8 rings (SSSR count). The first-order valence-corrected chi connectivity index (χ1v) is 21.7. The van der Waals surface area contributed by atoms with Crippen molar-refractivity contribution in [2.75, 3.05) is 38.6 Å². The highest BCUT2D eigenvalue weighted by molar-refractivity contribution is 8.00. The summed E-state index contributed by atoms with van der Waals surface area (Å²) in [6, 6.07) is 35.9. The number of esters is 1. The molecule has 0 bridgehead atoms. The number of halogens is 1. The van der Waals surface area contributed by atoms with Crippen molar-refractivity contribution in [3.8, 4) is 5.75 Å². The van der Waals surface area contributed by atoms with Crippen LogP contribution in [0.4, 0.5) is 9.52 Å². The Morgan fingerprint density at radius 3 is 2.19 bits per heavy atom. The smallest absolute Gasteiger partial charge is 0.355 e. The Morgan fingerprint density at radius 2 is 1.61 bits per heavy atom. The van der Waals surface area contributed by atoms with E-state index in [-0.39, 0.29) is 29.8 Å². The number of β-lactam (4-membered cyclic amide) rings is 1. The fraction of sp³-hybridized carbons (Fsp3) is 0.239. The quantitative estimate of drug-likeness (QED) is 0.0356. The Labute approximate surface area is 366 Å². The molecule has 0 spiro atoms. The lowest BCUT2D eigenvalue weighted by atomic mass is 9.77. The van der Waals surface area contributed by atoms with Crippen LogP contribution in [0.15, 0.2) is 149 Å². The standard InChI is InChI=1S/C46H43FN6O7S2/c1-52-25-24-36(60-52)23-20-31-27-61-43-39(42(55)53(43)40(31)44(56)58-26-30-18-21-35(57-2)22-19-30)49-41(54)38(51-59-29-47)37-28-62-45(48-37)50-46(32-12-6-3-7-13-32,33-14-8-4-9-15-33)34-16-10-5-11-17-34/h3-23,28,36,39,43H,24-27,29H2,1-2H3,(H,48,50)(H,49,54)/b23-20+,51-38-/t36?,39-,43-/m1/s1. The van der Waals surface area contributed by atoms with Gasteiger partial charge in [-0.05, 0) is 46.4 Å². The summed E-state index contributed by atoms with van der Waals surface area (Å²) in [7, 11) is 3.41. The van der Waals surface area contributed by atoms with E-state index in [1.807, 2.05) is 104 Å². The van der Waals surface area contributed by atoms with Gasteiger partial charge >= 0.3 is 5.97 Å². The second-order valence-electron chi connectivity index (χ2n) is 14.5. The molecule has 318 valence electrons. The van der Waals surface area contributed by atoms with E-state index >= 15 is 0 Å². The molecule has 3 atom stereocenters. The number of carbonyl (C=O) groups is 3. The third kappa shape index (κ3) is 8.85. The number of amides is 2.